The van der Waals surface area contributed by atoms with E-state index >= 15 is 0 Å². The number of carbonyl (C=O) groups is 1. The third-order valence-corrected chi connectivity index (χ3v) is 4.82. The molecule has 6 nitrogen and oxygen atoms in total. The van der Waals surface area contributed by atoms with Crippen LogP contribution in [0, 0.1) is 0 Å². The molecule has 2 aromatic rings. The fourth-order valence-corrected chi connectivity index (χ4v) is 3.14. The number of hydrogen-bond acceptors (Lipinski definition) is 5. The Hall–Kier alpha value is -1.76. The standard InChI is InChI=1S/C15H18N4O2S/c20-13(16-11-5-6-11)9-22-15-18-17-14(10-3-4-10)19(15)8-12-2-1-7-21-12/h1-2,7,10-11H,3-6,8-9H2,(H,16,20). The predicted molar refractivity (Wildman–Crippen MR) is 81.7 cm³/mol. The van der Waals surface area contributed by atoms with Crippen molar-refractivity contribution in [3.8, 4) is 0 Å². The number of aromatic nitrogens is 3. The Balaban J connectivity index is 1.46. The smallest absolute Gasteiger partial charge is 0.230 e. The molecule has 2 saturated carbocycles. The lowest BCUT2D eigenvalue weighted by Gasteiger charge is -2.08. The quantitative estimate of drug-likeness (QED) is 0.792. The van der Waals surface area contributed by atoms with Gasteiger partial charge in [0, 0.05) is 12.0 Å². The molecule has 7 heteroatoms. The van der Waals surface area contributed by atoms with Crippen molar-refractivity contribution in [1.29, 1.82) is 0 Å². The van der Waals surface area contributed by atoms with Gasteiger partial charge in [0.1, 0.15) is 11.6 Å². The second kappa shape index (κ2) is 5.79. The summed E-state index contributed by atoms with van der Waals surface area (Å²) >= 11 is 1.45. The number of rotatable bonds is 7. The summed E-state index contributed by atoms with van der Waals surface area (Å²) < 4.78 is 7.53. The minimum atomic E-state index is 0.0769. The first kappa shape index (κ1) is 13.9. The van der Waals surface area contributed by atoms with Gasteiger partial charge in [0.25, 0.3) is 0 Å². The zero-order valence-electron chi connectivity index (χ0n) is 12.2. The average molecular weight is 318 g/mol. The first-order valence-electron chi connectivity index (χ1n) is 7.67. The van der Waals surface area contributed by atoms with Gasteiger partial charge in [0.2, 0.25) is 5.91 Å². The number of nitrogens with zero attached hydrogens (tertiary/aromatic N) is 3. The van der Waals surface area contributed by atoms with Gasteiger partial charge in [0.05, 0.1) is 18.6 Å². The number of thioether (sulfide) groups is 1. The normalized spacial score (nSPS) is 17.6. The number of furan rings is 1. The molecule has 2 aromatic heterocycles. The van der Waals surface area contributed by atoms with E-state index in [9.17, 15) is 4.79 Å². The minimum absolute atomic E-state index is 0.0769. The molecule has 0 atom stereocenters. The predicted octanol–water partition coefficient (Wildman–Crippen LogP) is 2.17. The summed E-state index contributed by atoms with van der Waals surface area (Å²) in [5.41, 5.74) is 0. The molecule has 0 unspecified atom stereocenters. The van der Waals surface area contributed by atoms with Crippen molar-refractivity contribution < 1.29 is 9.21 Å². The van der Waals surface area contributed by atoms with Crippen LogP contribution in [0.15, 0.2) is 28.0 Å². The number of nitrogens with one attached hydrogen (secondary N) is 1. The molecule has 0 bridgehead atoms. The van der Waals surface area contributed by atoms with Crippen molar-refractivity contribution in [2.24, 2.45) is 0 Å². The Bertz CT molecular complexity index is 659. The molecule has 1 N–H and O–H groups in total. The first-order valence-corrected chi connectivity index (χ1v) is 8.66. The Morgan fingerprint density at radius 2 is 2.23 bits per heavy atom. The number of carbonyl (C=O) groups excluding carboxylic acids is 1. The Labute approximate surface area is 132 Å². The molecular weight excluding hydrogens is 300 g/mol. The molecule has 22 heavy (non-hydrogen) atoms. The maximum absolute atomic E-state index is 11.8. The van der Waals surface area contributed by atoms with Gasteiger partial charge in [-0.2, -0.15) is 0 Å². The van der Waals surface area contributed by atoms with Crippen LogP contribution < -0.4 is 5.32 Å². The maximum atomic E-state index is 11.8. The summed E-state index contributed by atoms with van der Waals surface area (Å²) in [5.74, 6) is 2.87. The molecule has 1 amide bonds. The van der Waals surface area contributed by atoms with Crippen molar-refractivity contribution in [3.63, 3.8) is 0 Å². The van der Waals surface area contributed by atoms with Crippen LogP contribution in [0.25, 0.3) is 0 Å². The van der Waals surface area contributed by atoms with Gasteiger partial charge >= 0.3 is 0 Å². The molecule has 2 aliphatic rings. The first-order chi connectivity index (χ1) is 10.8. The van der Waals surface area contributed by atoms with Crippen molar-refractivity contribution >= 4 is 17.7 Å². The zero-order valence-corrected chi connectivity index (χ0v) is 13.0. The summed E-state index contributed by atoms with van der Waals surface area (Å²) in [6.07, 6.45) is 6.23. The third kappa shape index (κ3) is 3.19. The topological polar surface area (TPSA) is 73.0 Å². The van der Waals surface area contributed by atoms with Gasteiger partial charge in [-0.1, -0.05) is 11.8 Å². The molecule has 0 radical (unpaired) electrons. The van der Waals surface area contributed by atoms with Gasteiger partial charge in [-0.25, -0.2) is 0 Å². The molecule has 4 rings (SSSR count). The van der Waals surface area contributed by atoms with Crippen LogP contribution in [0.4, 0.5) is 0 Å². The highest BCUT2D eigenvalue weighted by Gasteiger charge is 2.31. The summed E-state index contributed by atoms with van der Waals surface area (Å²) in [4.78, 5) is 11.8. The van der Waals surface area contributed by atoms with E-state index in [0.29, 0.717) is 24.3 Å². The maximum Gasteiger partial charge on any atom is 0.230 e. The fraction of sp³-hybridized carbons (Fsp3) is 0.533. The lowest BCUT2D eigenvalue weighted by atomic mass is 10.3. The Morgan fingerprint density at radius 1 is 1.36 bits per heavy atom. The van der Waals surface area contributed by atoms with Crippen molar-refractivity contribution in [2.45, 2.75) is 49.3 Å². The second-order valence-electron chi connectivity index (χ2n) is 5.91. The molecule has 116 valence electrons. The van der Waals surface area contributed by atoms with Crippen molar-refractivity contribution in [1.82, 2.24) is 20.1 Å². The van der Waals surface area contributed by atoms with Crippen LogP contribution >= 0.6 is 11.8 Å². The fourth-order valence-electron chi connectivity index (χ4n) is 2.38. The van der Waals surface area contributed by atoms with Gasteiger partial charge < -0.3 is 9.73 Å². The Morgan fingerprint density at radius 3 is 2.91 bits per heavy atom. The van der Waals surface area contributed by atoms with Crippen molar-refractivity contribution in [3.05, 3.63) is 30.0 Å². The highest BCUT2D eigenvalue weighted by Crippen LogP contribution is 2.40. The lowest BCUT2D eigenvalue weighted by Crippen LogP contribution is -2.27. The van der Waals surface area contributed by atoms with E-state index in [-0.39, 0.29) is 5.91 Å². The van der Waals surface area contributed by atoms with E-state index in [1.165, 1.54) is 24.6 Å². The third-order valence-electron chi connectivity index (χ3n) is 3.86. The van der Waals surface area contributed by atoms with Gasteiger partial charge in [-0.05, 0) is 37.8 Å². The van der Waals surface area contributed by atoms with E-state index in [0.717, 1.165) is 29.6 Å². The van der Waals surface area contributed by atoms with Gasteiger partial charge in [-0.3, -0.25) is 9.36 Å². The SMILES string of the molecule is O=C(CSc1nnc(C2CC2)n1Cc1ccco1)NC1CC1. The van der Waals surface area contributed by atoms with E-state index in [1.807, 2.05) is 12.1 Å². The monoisotopic (exact) mass is 318 g/mol. The highest BCUT2D eigenvalue weighted by atomic mass is 32.2. The van der Waals surface area contributed by atoms with E-state index in [1.54, 1.807) is 6.26 Å². The van der Waals surface area contributed by atoms with E-state index < -0.39 is 0 Å². The van der Waals surface area contributed by atoms with Crippen LogP contribution in [0.3, 0.4) is 0 Å². The average Bonchev–Trinajstić information content (AvgIpc) is 3.43. The molecule has 2 heterocycles. The van der Waals surface area contributed by atoms with E-state index in [2.05, 4.69) is 20.1 Å². The van der Waals surface area contributed by atoms with Crippen LogP contribution in [0.5, 0.6) is 0 Å². The molecule has 2 fully saturated rings. The number of hydrogen-bond donors (Lipinski definition) is 1. The molecule has 0 aliphatic heterocycles. The zero-order chi connectivity index (χ0) is 14.9. The summed E-state index contributed by atoms with van der Waals surface area (Å²) in [7, 11) is 0. The molecule has 0 aromatic carbocycles. The Kier molecular flexibility index (Phi) is 3.65. The molecule has 0 saturated heterocycles. The van der Waals surface area contributed by atoms with Crippen LogP contribution in [-0.4, -0.2) is 32.5 Å². The minimum Gasteiger partial charge on any atom is -0.467 e. The highest BCUT2D eigenvalue weighted by molar-refractivity contribution is 7.99. The molecule has 0 spiro atoms. The van der Waals surface area contributed by atoms with Crippen LogP contribution in [-0.2, 0) is 11.3 Å². The van der Waals surface area contributed by atoms with Crippen LogP contribution in [0.1, 0.15) is 43.2 Å². The lowest BCUT2D eigenvalue weighted by molar-refractivity contribution is -0.118. The molecular formula is C15H18N4O2S. The second-order valence-corrected chi connectivity index (χ2v) is 6.85. The summed E-state index contributed by atoms with van der Waals surface area (Å²) in [6.45, 7) is 0.623. The number of amides is 1. The van der Waals surface area contributed by atoms with E-state index in [4.69, 9.17) is 4.42 Å². The van der Waals surface area contributed by atoms with Gasteiger partial charge in [-0.15, -0.1) is 10.2 Å². The van der Waals surface area contributed by atoms with Crippen LogP contribution in [0.2, 0.25) is 0 Å². The van der Waals surface area contributed by atoms with Crippen molar-refractivity contribution in [2.75, 3.05) is 5.75 Å². The summed E-state index contributed by atoms with van der Waals surface area (Å²) in [6, 6.07) is 4.23. The summed E-state index contributed by atoms with van der Waals surface area (Å²) in [5, 5.41) is 12.4. The van der Waals surface area contributed by atoms with Gasteiger partial charge in [0.15, 0.2) is 5.16 Å². The largest absolute Gasteiger partial charge is 0.467 e. The molecule has 2 aliphatic carbocycles.